The van der Waals surface area contributed by atoms with Gasteiger partial charge in [0.05, 0.1) is 24.2 Å². The third kappa shape index (κ3) is 2.37. The predicted octanol–water partition coefficient (Wildman–Crippen LogP) is 3.07. The molecule has 3 aromatic rings. The van der Waals surface area contributed by atoms with Crippen LogP contribution in [0, 0.1) is 0 Å². The molecule has 2 bridgehead atoms. The van der Waals surface area contributed by atoms with Gasteiger partial charge in [0, 0.05) is 30.3 Å². The minimum absolute atomic E-state index is 0.103. The zero-order valence-electron chi connectivity index (χ0n) is 14.6. The maximum absolute atomic E-state index is 12.8. The van der Waals surface area contributed by atoms with Crippen molar-refractivity contribution in [2.24, 2.45) is 0 Å². The number of fused-ring (bicyclic) bond motifs is 3. The molecule has 1 N–H and O–H groups in total. The van der Waals surface area contributed by atoms with E-state index in [2.05, 4.69) is 15.0 Å². The first kappa shape index (κ1) is 15.4. The number of ether oxygens (including phenoxy) is 1. The average Bonchev–Trinajstić information content (AvgIpc) is 3.40. The zero-order valence-corrected chi connectivity index (χ0v) is 14.6. The molecule has 0 spiro atoms. The summed E-state index contributed by atoms with van der Waals surface area (Å²) in [7, 11) is 1.65. The summed E-state index contributed by atoms with van der Waals surface area (Å²) >= 11 is 0. The summed E-state index contributed by atoms with van der Waals surface area (Å²) in [5.41, 5.74) is 3.51. The van der Waals surface area contributed by atoms with Crippen molar-refractivity contribution in [2.75, 3.05) is 20.2 Å². The Morgan fingerprint density at radius 3 is 2.58 bits per heavy atom. The number of imidazole rings is 1. The first-order valence-electron chi connectivity index (χ1n) is 8.95. The Labute approximate surface area is 151 Å². The zero-order chi connectivity index (χ0) is 17.7. The largest absolute Gasteiger partial charge is 0.497 e. The highest BCUT2D eigenvalue weighted by Gasteiger charge is 2.40. The maximum atomic E-state index is 12.8. The molecule has 0 radical (unpaired) electrons. The number of hydrogen-bond acceptors (Lipinski definition) is 4. The van der Waals surface area contributed by atoms with Crippen LogP contribution in [0.4, 0.5) is 0 Å². The molecule has 1 aromatic heterocycles. The molecule has 0 saturated carbocycles. The lowest BCUT2D eigenvalue weighted by Gasteiger charge is -2.23. The molecule has 0 aliphatic carbocycles. The van der Waals surface area contributed by atoms with Gasteiger partial charge in [-0.25, -0.2) is 9.99 Å². The van der Waals surface area contributed by atoms with Crippen LogP contribution >= 0.6 is 0 Å². The third-order valence-electron chi connectivity index (χ3n) is 5.39. The van der Waals surface area contributed by atoms with E-state index in [4.69, 9.17) is 4.74 Å². The highest BCUT2D eigenvalue weighted by atomic mass is 16.5. The van der Waals surface area contributed by atoms with Gasteiger partial charge in [-0.05, 0) is 37.1 Å². The second-order valence-corrected chi connectivity index (χ2v) is 6.88. The highest BCUT2D eigenvalue weighted by Crippen LogP contribution is 2.30. The van der Waals surface area contributed by atoms with E-state index in [0.717, 1.165) is 59.7 Å². The summed E-state index contributed by atoms with van der Waals surface area (Å²) < 4.78 is 5.26. The van der Waals surface area contributed by atoms with Gasteiger partial charge in [-0.1, -0.05) is 12.1 Å². The Kier molecular flexibility index (Phi) is 3.46. The van der Waals surface area contributed by atoms with Crippen molar-refractivity contribution in [1.29, 1.82) is 0 Å². The number of H-pyrrole nitrogens is 1. The van der Waals surface area contributed by atoms with Crippen molar-refractivity contribution in [3.8, 4) is 17.1 Å². The molecule has 5 rings (SSSR count). The van der Waals surface area contributed by atoms with Gasteiger partial charge in [-0.2, -0.15) is 0 Å². The third-order valence-corrected chi connectivity index (χ3v) is 5.39. The van der Waals surface area contributed by atoms with Crippen LogP contribution in [-0.2, 0) is 0 Å². The van der Waals surface area contributed by atoms with E-state index in [1.165, 1.54) is 0 Å². The summed E-state index contributed by atoms with van der Waals surface area (Å²) in [5.74, 6) is 1.69. The van der Waals surface area contributed by atoms with Crippen molar-refractivity contribution >= 4 is 16.9 Å². The molecule has 1 amide bonds. The summed E-state index contributed by atoms with van der Waals surface area (Å²) in [6.45, 7) is 1.99. The fraction of sp³-hybridized carbons (Fsp3) is 0.300. The van der Waals surface area contributed by atoms with Crippen LogP contribution < -0.4 is 4.74 Å². The van der Waals surface area contributed by atoms with Crippen molar-refractivity contribution in [3.63, 3.8) is 0 Å². The molecule has 3 heterocycles. The highest BCUT2D eigenvalue weighted by molar-refractivity contribution is 5.95. The van der Waals surface area contributed by atoms with E-state index in [0.29, 0.717) is 6.04 Å². The van der Waals surface area contributed by atoms with Crippen LogP contribution in [-0.4, -0.2) is 52.1 Å². The SMILES string of the molecule is COc1ccc2nc(-c3ccc(C(=O)N4C5CCN4CC5)cc3)[nH]c2c1. The number of hydrazine groups is 1. The standard InChI is InChI=1S/C20H20N4O2/c1-26-16-6-7-17-18(12-16)22-19(21-17)13-2-4-14(5-3-13)20(25)24-15-8-10-23(24)11-9-15/h2-7,12,15H,8-11H2,1H3,(H,21,22). The normalized spacial score (nSPS) is 21.5. The Hall–Kier alpha value is -2.86. The van der Waals surface area contributed by atoms with Crippen molar-refractivity contribution in [3.05, 3.63) is 48.0 Å². The summed E-state index contributed by atoms with van der Waals surface area (Å²) in [4.78, 5) is 20.8. The smallest absolute Gasteiger partial charge is 0.268 e. The fourth-order valence-electron chi connectivity index (χ4n) is 3.99. The van der Waals surface area contributed by atoms with Crippen LogP contribution in [0.1, 0.15) is 23.2 Å². The molecule has 2 aliphatic heterocycles. The number of amides is 1. The lowest BCUT2D eigenvalue weighted by atomic mass is 10.1. The molecule has 2 aromatic carbocycles. The lowest BCUT2D eigenvalue weighted by Crippen LogP contribution is -2.38. The van der Waals surface area contributed by atoms with E-state index in [1.54, 1.807) is 7.11 Å². The number of carbonyl (C=O) groups is 1. The number of carbonyl (C=O) groups excluding carboxylic acids is 1. The van der Waals surface area contributed by atoms with Crippen LogP contribution in [0.25, 0.3) is 22.4 Å². The molecule has 26 heavy (non-hydrogen) atoms. The number of aromatic amines is 1. The fourth-order valence-corrected chi connectivity index (χ4v) is 3.99. The van der Waals surface area contributed by atoms with Gasteiger partial charge in [0.15, 0.2) is 0 Å². The average molecular weight is 348 g/mol. The topological polar surface area (TPSA) is 61.5 Å². The Balaban J connectivity index is 1.42. The molecule has 2 fully saturated rings. The van der Waals surface area contributed by atoms with Crippen molar-refractivity contribution in [1.82, 2.24) is 20.0 Å². The van der Waals surface area contributed by atoms with E-state index >= 15 is 0 Å². The first-order valence-corrected chi connectivity index (χ1v) is 8.95. The number of hydrogen-bond donors (Lipinski definition) is 1. The number of aromatic nitrogens is 2. The molecular formula is C20H20N4O2. The van der Waals surface area contributed by atoms with Crippen LogP contribution in [0.2, 0.25) is 0 Å². The number of nitrogens with zero attached hydrogens (tertiary/aromatic N) is 3. The van der Waals surface area contributed by atoms with E-state index in [1.807, 2.05) is 47.5 Å². The monoisotopic (exact) mass is 348 g/mol. The van der Waals surface area contributed by atoms with Gasteiger partial charge in [-0.3, -0.25) is 9.80 Å². The molecular weight excluding hydrogens is 328 g/mol. The van der Waals surface area contributed by atoms with Crippen LogP contribution in [0.3, 0.4) is 0 Å². The van der Waals surface area contributed by atoms with Gasteiger partial charge in [-0.15, -0.1) is 0 Å². The van der Waals surface area contributed by atoms with Crippen molar-refractivity contribution < 1.29 is 9.53 Å². The maximum Gasteiger partial charge on any atom is 0.268 e. The second kappa shape index (κ2) is 5.85. The number of benzene rings is 2. The molecule has 0 unspecified atom stereocenters. The van der Waals surface area contributed by atoms with E-state index in [-0.39, 0.29) is 5.91 Å². The molecule has 132 valence electrons. The first-order chi connectivity index (χ1) is 12.7. The van der Waals surface area contributed by atoms with Crippen molar-refractivity contribution in [2.45, 2.75) is 18.9 Å². The summed E-state index contributed by atoms with van der Waals surface area (Å²) in [5, 5.41) is 4.12. The van der Waals surface area contributed by atoms with Gasteiger partial charge in [0.2, 0.25) is 0 Å². The lowest BCUT2D eigenvalue weighted by molar-refractivity contribution is 0.0334. The Bertz CT molecular complexity index is 959. The number of piperidine rings is 1. The predicted molar refractivity (Wildman–Crippen MR) is 98.8 cm³/mol. The number of methoxy groups -OCH3 is 1. The van der Waals surface area contributed by atoms with Gasteiger partial charge in [0.1, 0.15) is 11.6 Å². The molecule has 6 heteroatoms. The molecule has 0 atom stereocenters. The Morgan fingerprint density at radius 1 is 1.15 bits per heavy atom. The number of rotatable bonds is 3. The molecule has 2 aliphatic rings. The van der Waals surface area contributed by atoms with Gasteiger partial charge >= 0.3 is 0 Å². The summed E-state index contributed by atoms with van der Waals surface area (Å²) in [6, 6.07) is 13.8. The quantitative estimate of drug-likeness (QED) is 0.790. The molecule has 6 nitrogen and oxygen atoms in total. The van der Waals surface area contributed by atoms with E-state index < -0.39 is 0 Å². The van der Waals surface area contributed by atoms with Gasteiger partial charge < -0.3 is 9.72 Å². The van der Waals surface area contributed by atoms with Crippen LogP contribution in [0.15, 0.2) is 42.5 Å². The minimum Gasteiger partial charge on any atom is -0.497 e. The minimum atomic E-state index is 0.103. The van der Waals surface area contributed by atoms with E-state index in [9.17, 15) is 4.79 Å². The molecule has 2 saturated heterocycles. The Morgan fingerprint density at radius 2 is 1.92 bits per heavy atom. The summed E-state index contributed by atoms with van der Waals surface area (Å²) in [6.07, 6.45) is 2.18. The van der Waals surface area contributed by atoms with Crippen LogP contribution in [0.5, 0.6) is 5.75 Å². The second-order valence-electron chi connectivity index (χ2n) is 6.88. The number of nitrogens with one attached hydrogen (secondary N) is 1. The van der Waals surface area contributed by atoms with Gasteiger partial charge in [0.25, 0.3) is 5.91 Å².